The first-order valence-electron chi connectivity index (χ1n) is 19.2. The third-order valence-corrected chi connectivity index (χ3v) is 13.9. The molecule has 11 rings (SSSR count). The standard InChI is InChI=1S/C48H49NO/c1-46(2)22-23-47(3,4)45-39(46)19-13-20-41(45)49(36-16-9-6-10-17-36)42-30-44-40(29-37(42)33-14-7-5-8-15-33)48(38-18-11-12-21-43(38)50-44)34-25-31-24-32(27-34)28-35(48)26-31/h5-21,29-32,34-35H,22-28H2,1-4H3. The molecule has 1 aliphatic heterocycles. The Morgan fingerprint density at radius 1 is 0.540 bits per heavy atom. The molecule has 252 valence electrons. The molecular weight excluding hydrogens is 607 g/mol. The number of fused-ring (bicyclic) bond motifs is 3. The second-order valence-electron chi connectivity index (χ2n) is 17.6. The largest absolute Gasteiger partial charge is 0.457 e. The quantitative estimate of drug-likeness (QED) is 0.191. The molecule has 4 saturated carbocycles. The molecule has 4 bridgehead atoms. The highest BCUT2D eigenvalue weighted by molar-refractivity contribution is 5.91. The van der Waals surface area contributed by atoms with Gasteiger partial charge in [0.1, 0.15) is 11.5 Å². The summed E-state index contributed by atoms with van der Waals surface area (Å²) in [7, 11) is 0. The van der Waals surface area contributed by atoms with E-state index in [4.69, 9.17) is 4.74 Å². The lowest BCUT2D eigenvalue weighted by molar-refractivity contribution is -0.0452. The summed E-state index contributed by atoms with van der Waals surface area (Å²) in [5, 5.41) is 0. The van der Waals surface area contributed by atoms with E-state index in [1.165, 1.54) is 89.0 Å². The van der Waals surface area contributed by atoms with Crippen molar-refractivity contribution >= 4 is 17.1 Å². The van der Waals surface area contributed by atoms with Gasteiger partial charge in [-0.25, -0.2) is 0 Å². The molecule has 0 N–H and O–H groups in total. The van der Waals surface area contributed by atoms with Gasteiger partial charge < -0.3 is 9.64 Å². The van der Waals surface area contributed by atoms with E-state index >= 15 is 0 Å². The van der Waals surface area contributed by atoms with Crippen LogP contribution in [0.3, 0.4) is 0 Å². The zero-order valence-electron chi connectivity index (χ0n) is 30.1. The van der Waals surface area contributed by atoms with Gasteiger partial charge in [0, 0.05) is 33.9 Å². The molecule has 6 aliphatic rings. The van der Waals surface area contributed by atoms with Crippen molar-refractivity contribution in [3.63, 3.8) is 0 Å². The summed E-state index contributed by atoms with van der Waals surface area (Å²) in [4.78, 5) is 2.57. The lowest BCUT2D eigenvalue weighted by Crippen LogP contribution is -2.57. The minimum Gasteiger partial charge on any atom is -0.457 e. The van der Waals surface area contributed by atoms with Gasteiger partial charge in [0.15, 0.2) is 0 Å². The Labute approximate surface area is 298 Å². The number of rotatable bonds is 4. The van der Waals surface area contributed by atoms with Crippen LogP contribution in [0, 0.1) is 23.7 Å². The summed E-state index contributed by atoms with van der Waals surface area (Å²) >= 11 is 0. The Bertz CT molecular complexity index is 2080. The van der Waals surface area contributed by atoms with Gasteiger partial charge in [0.25, 0.3) is 0 Å². The van der Waals surface area contributed by atoms with Crippen LogP contribution in [0.25, 0.3) is 11.1 Å². The second kappa shape index (κ2) is 10.8. The summed E-state index contributed by atoms with van der Waals surface area (Å²) in [5.41, 5.74) is 12.2. The monoisotopic (exact) mass is 655 g/mol. The number of anilines is 3. The zero-order valence-corrected chi connectivity index (χ0v) is 30.1. The van der Waals surface area contributed by atoms with Crippen molar-refractivity contribution in [3.8, 4) is 22.6 Å². The molecule has 5 aromatic rings. The first-order valence-corrected chi connectivity index (χ1v) is 19.2. The molecule has 2 nitrogen and oxygen atoms in total. The summed E-state index contributed by atoms with van der Waals surface area (Å²) in [6.07, 6.45) is 9.19. The van der Waals surface area contributed by atoms with Gasteiger partial charge >= 0.3 is 0 Å². The summed E-state index contributed by atoms with van der Waals surface area (Å²) in [6.45, 7) is 9.77. The number of nitrogens with zero attached hydrogens (tertiary/aromatic N) is 1. The van der Waals surface area contributed by atoms with Crippen LogP contribution in [0.1, 0.15) is 94.9 Å². The number of para-hydroxylation sites is 2. The van der Waals surface area contributed by atoms with Crippen LogP contribution in [0.4, 0.5) is 17.1 Å². The number of benzene rings is 5. The van der Waals surface area contributed by atoms with Crippen molar-refractivity contribution in [2.24, 2.45) is 23.7 Å². The maximum Gasteiger partial charge on any atom is 0.133 e. The molecule has 0 amide bonds. The van der Waals surface area contributed by atoms with Crippen LogP contribution >= 0.6 is 0 Å². The van der Waals surface area contributed by atoms with Crippen molar-refractivity contribution < 1.29 is 4.74 Å². The molecule has 5 aromatic carbocycles. The van der Waals surface area contributed by atoms with Gasteiger partial charge in [-0.05, 0) is 126 Å². The summed E-state index contributed by atoms with van der Waals surface area (Å²) in [5.74, 6) is 5.21. The van der Waals surface area contributed by atoms with E-state index in [9.17, 15) is 0 Å². The maximum atomic E-state index is 7.12. The van der Waals surface area contributed by atoms with E-state index in [0.29, 0.717) is 11.8 Å². The van der Waals surface area contributed by atoms with Gasteiger partial charge in [-0.1, -0.05) is 107 Å². The molecule has 0 atom stereocenters. The molecule has 1 spiro atoms. The van der Waals surface area contributed by atoms with E-state index in [0.717, 1.165) is 29.8 Å². The topological polar surface area (TPSA) is 12.5 Å². The first kappa shape index (κ1) is 30.5. The van der Waals surface area contributed by atoms with Crippen LogP contribution < -0.4 is 9.64 Å². The molecule has 0 aromatic heterocycles. The molecule has 5 aliphatic carbocycles. The van der Waals surface area contributed by atoms with E-state index in [1.807, 2.05) is 0 Å². The summed E-state index contributed by atoms with van der Waals surface area (Å²) in [6, 6.07) is 43.4. The predicted molar refractivity (Wildman–Crippen MR) is 206 cm³/mol. The molecule has 50 heavy (non-hydrogen) atoms. The average molecular weight is 656 g/mol. The fourth-order valence-electron chi connectivity index (χ4n) is 11.9. The molecule has 4 fully saturated rings. The Morgan fingerprint density at radius 2 is 1.16 bits per heavy atom. The van der Waals surface area contributed by atoms with E-state index in [1.54, 1.807) is 0 Å². The van der Waals surface area contributed by atoms with E-state index < -0.39 is 0 Å². The van der Waals surface area contributed by atoms with Crippen molar-refractivity contribution in [1.82, 2.24) is 0 Å². The normalized spacial score (nSPS) is 27.6. The van der Waals surface area contributed by atoms with Crippen molar-refractivity contribution in [3.05, 3.63) is 138 Å². The van der Waals surface area contributed by atoms with Crippen molar-refractivity contribution in [1.29, 1.82) is 0 Å². The van der Waals surface area contributed by atoms with Crippen LogP contribution in [0.15, 0.2) is 115 Å². The lowest BCUT2D eigenvalue weighted by atomic mass is 9.41. The van der Waals surface area contributed by atoms with Crippen molar-refractivity contribution in [2.45, 2.75) is 88.9 Å². The maximum absolute atomic E-state index is 7.12. The Morgan fingerprint density at radius 3 is 1.88 bits per heavy atom. The van der Waals surface area contributed by atoms with Crippen LogP contribution in [-0.2, 0) is 16.2 Å². The minimum absolute atomic E-state index is 0.00480. The molecule has 0 unspecified atom stereocenters. The SMILES string of the molecule is CC1(C)CCC(C)(C)c2c(N(c3ccccc3)c3cc4c(cc3-c3ccccc3)C3(c5ccccc5O4)C4CC5CC(C4)CC3C5)cccc21. The van der Waals surface area contributed by atoms with Crippen molar-refractivity contribution in [2.75, 3.05) is 4.90 Å². The molecular formula is C48H49NO. The highest BCUT2D eigenvalue weighted by Crippen LogP contribution is 2.69. The van der Waals surface area contributed by atoms with Crippen LogP contribution in [0.5, 0.6) is 11.5 Å². The molecule has 0 radical (unpaired) electrons. The Kier molecular flexibility index (Phi) is 6.62. The molecule has 1 heterocycles. The smallest absolute Gasteiger partial charge is 0.133 e. The Hall–Kier alpha value is -4.30. The van der Waals surface area contributed by atoms with Crippen LogP contribution in [-0.4, -0.2) is 0 Å². The molecule has 2 heteroatoms. The van der Waals surface area contributed by atoms with E-state index in [2.05, 4.69) is 148 Å². The van der Waals surface area contributed by atoms with Crippen LogP contribution in [0.2, 0.25) is 0 Å². The number of ether oxygens (including phenoxy) is 1. The zero-order chi connectivity index (χ0) is 33.8. The average Bonchev–Trinajstić information content (AvgIpc) is 3.12. The fourth-order valence-corrected chi connectivity index (χ4v) is 11.9. The highest BCUT2D eigenvalue weighted by Gasteiger charge is 2.61. The third-order valence-electron chi connectivity index (χ3n) is 13.9. The van der Waals surface area contributed by atoms with Gasteiger partial charge in [-0.2, -0.15) is 0 Å². The first-order chi connectivity index (χ1) is 24.2. The van der Waals surface area contributed by atoms with Gasteiger partial charge in [0.2, 0.25) is 0 Å². The highest BCUT2D eigenvalue weighted by atomic mass is 16.5. The fraction of sp³-hybridized carbons (Fsp3) is 0.375. The lowest BCUT2D eigenvalue weighted by Gasteiger charge is -2.63. The number of hydrogen-bond acceptors (Lipinski definition) is 2. The third kappa shape index (κ3) is 4.33. The van der Waals surface area contributed by atoms with Gasteiger partial charge in [-0.15, -0.1) is 0 Å². The predicted octanol–water partition coefficient (Wildman–Crippen LogP) is 13.0. The molecule has 0 saturated heterocycles. The number of hydrogen-bond donors (Lipinski definition) is 0. The van der Waals surface area contributed by atoms with Gasteiger partial charge in [-0.3, -0.25) is 0 Å². The van der Waals surface area contributed by atoms with E-state index in [-0.39, 0.29) is 16.2 Å². The summed E-state index contributed by atoms with van der Waals surface area (Å²) < 4.78 is 7.12. The Balaban J connectivity index is 1.28. The minimum atomic E-state index is -0.00480. The van der Waals surface area contributed by atoms with Gasteiger partial charge in [0.05, 0.1) is 11.4 Å². The second-order valence-corrected chi connectivity index (χ2v) is 17.6.